The summed E-state index contributed by atoms with van der Waals surface area (Å²) >= 11 is 6.13. The van der Waals surface area contributed by atoms with Gasteiger partial charge in [0, 0.05) is 12.0 Å². The minimum atomic E-state index is 0.321. The monoisotopic (exact) mass is 295 g/mol. The average Bonchev–Trinajstić information content (AvgIpc) is 3.08. The first-order chi connectivity index (χ1) is 9.72. The third-order valence-electron chi connectivity index (χ3n) is 4.54. The highest BCUT2D eigenvalue weighted by Gasteiger charge is 2.44. The molecule has 2 bridgehead atoms. The molecular weight excluding hydrogens is 274 g/mol. The molecule has 4 atom stereocenters. The van der Waals surface area contributed by atoms with Crippen molar-refractivity contribution in [3.05, 3.63) is 28.8 Å². The number of rotatable bonds is 5. The molecule has 20 heavy (non-hydrogen) atoms. The summed E-state index contributed by atoms with van der Waals surface area (Å²) in [7, 11) is 1.66. The summed E-state index contributed by atoms with van der Waals surface area (Å²) in [6.07, 6.45) is 4.46. The predicted molar refractivity (Wildman–Crippen MR) is 80.4 cm³/mol. The quantitative estimate of drug-likeness (QED) is 0.901. The lowest BCUT2D eigenvalue weighted by molar-refractivity contribution is 0.0858. The standard InChI is InChI=1S/C16H22ClNO2/c1-3-18-16(12-9-11-5-7-14(12)20-11)10-4-6-13(17)15(8-10)19-2/h4,6,8,11-12,14,16,18H,3,5,7,9H2,1-2H3. The zero-order chi connectivity index (χ0) is 14.1. The Balaban J connectivity index is 1.86. The number of halogens is 1. The van der Waals surface area contributed by atoms with E-state index < -0.39 is 0 Å². The van der Waals surface area contributed by atoms with Crippen LogP contribution in [-0.2, 0) is 4.74 Å². The number of fused-ring (bicyclic) bond motifs is 2. The maximum absolute atomic E-state index is 6.13. The first-order valence-corrected chi connectivity index (χ1v) is 7.83. The van der Waals surface area contributed by atoms with Gasteiger partial charge in [0.2, 0.25) is 0 Å². The highest BCUT2D eigenvalue weighted by molar-refractivity contribution is 6.32. The van der Waals surface area contributed by atoms with E-state index in [0.29, 0.717) is 29.2 Å². The van der Waals surface area contributed by atoms with E-state index in [4.69, 9.17) is 21.1 Å². The molecule has 1 aromatic carbocycles. The number of benzene rings is 1. The molecule has 110 valence electrons. The van der Waals surface area contributed by atoms with Crippen molar-refractivity contribution < 1.29 is 9.47 Å². The van der Waals surface area contributed by atoms with Crippen LogP contribution in [0, 0.1) is 5.92 Å². The normalized spacial score (nSPS) is 29.6. The second-order valence-corrected chi connectivity index (χ2v) is 6.11. The lowest BCUT2D eigenvalue weighted by Crippen LogP contribution is -2.33. The Morgan fingerprint density at radius 2 is 2.30 bits per heavy atom. The fourth-order valence-corrected chi connectivity index (χ4v) is 3.83. The Labute approximate surface area is 125 Å². The molecule has 2 aliphatic heterocycles. The molecule has 0 radical (unpaired) electrons. The number of hydrogen-bond donors (Lipinski definition) is 1. The Hall–Kier alpha value is -0.770. The summed E-state index contributed by atoms with van der Waals surface area (Å²) in [5.41, 5.74) is 1.24. The minimum absolute atomic E-state index is 0.321. The van der Waals surface area contributed by atoms with Crippen molar-refractivity contribution in [3.63, 3.8) is 0 Å². The van der Waals surface area contributed by atoms with Gasteiger partial charge in [-0.1, -0.05) is 24.6 Å². The summed E-state index contributed by atoms with van der Waals surface area (Å²) in [4.78, 5) is 0. The molecule has 3 rings (SSSR count). The zero-order valence-corrected chi connectivity index (χ0v) is 12.8. The van der Waals surface area contributed by atoms with Crippen LogP contribution in [0.15, 0.2) is 18.2 Å². The van der Waals surface area contributed by atoms with Crippen molar-refractivity contribution in [1.29, 1.82) is 0 Å². The second-order valence-electron chi connectivity index (χ2n) is 5.70. The van der Waals surface area contributed by atoms with Gasteiger partial charge in [-0.3, -0.25) is 0 Å². The van der Waals surface area contributed by atoms with Crippen molar-refractivity contribution in [2.45, 2.75) is 44.4 Å². The molecule has 2 heterocycles. The summed E-state index contributed by atoms with van der Waals surface area (Å²) in [6.45, 7) is 3.09. The third-order valence-corrected chi connectivity index (χ3v) is 4.85. The molecule has 0 saturated carbocycles. The third kappa shape index (κ3) is 2.54. The number of ether oxygens (including phenoxy) is 2. The van der Waals surface area contributed by atoms with Gasteiger partial charge >= 0.3 is 0 Å². The van der Waals surface area contributed by atoms with Crippen LogP contribution < -0.4 is 10.1 Å². The Kier molecular flexibility index (Phi) is 4.20. The van der Waals surface area contributed by atoms with Crippen molar-refractivity contribution in [1.82, 2.24) is 5.32 Å². The van der Waals surface area contributed by atoms with E-state index in [1.54, 1.807) is 7.11 Å². The smallest absolute Gasteiger partial charge is 0.137 e. The van der Waals surface area contributed by atoms with Gasteiger partial charge in [-0.2, -0.15) is 0 Å². The van der Waals surface area contributed by atoms with Crippen LogP contribution in [-0.4, -0.2) is 25.9 Å². The van der Waals surface area contributed by atoms with Gasteiger partial charge in [0.25, 0.3) is 0 Å². The van der Waals surface area contributed by atoms with E-state index in [0.717, 1.165) is 18.7 Å². The van der Waals surface area contributed by atoms with Crippen LogP contribution in [0.1, 0.15) is 37.8 Å². The molecule has 1 N–H and O–H groups in total. The zero-order valence-electron chi connectivity index (χ0n) is 12.1. The van der Waals surface area contributed by atoms with Gasteiger partial charge in [-0.05, 0) is 43.5 Å². The lowest BCUT2D eigenvalue weighted by Gasteiger charge is -2.29. The summed E-state index contributed by atoms with van der Waals surface area (Å²) in [5, 5.41) is 4.28. The van der Waals surface area contributed by atoms with Crippen LogP contribution in [0.3, 0.4) is 0 Å². The van der Waals surface area contributed by atoms with Crippen molar-refractivity contribution in [2.24, 2.45) is 5.92 Å². The fourth-order valence-electron chi connectivity index (χ4n) is 3.63. The SMILES string of the molecule is CCNC(c1ccc(Cl)c(OC)c1)C1CC2CCC1O2. The van der Waals surface area contributed by atoms with Crippen LogP contribution in [0.25, 0.3) is 0 Å². The van der Waals surface area contributed by atoms with Gasteiger partial charge in [-0.25, -0.2) is 0 Å². The average molecular weight is 296 g/mol. The molecule has 3 nitrogen and oxygen atoms in total. The highest BCUT2D eigenvalue weighted by atomic mass is 35.5. The first kappa shape index (κ1) is 14.2. The minimum Gasteiger partial charge on any atom is -0.495 e. The van der Waals surface area contributed by atoms with Gasteiger partial charge in [0.05, 0.1) is 24.3 Å². The number of methoxy groups -OCH3 is 1. The molecule has 1 aromatic rings. The largest absolute Gasteiger partial charge is 0.495 e. The van der Waals surface area contributed by atoms with Gasteiger partial charge < -0.3 is 14.8 Å². The van der Waals surface area contributed by atoms with Crippen LogP contribution in [0.2, 0.25) is 5.02 Å². The summed E-state index contributed by atoms with van der Waals surface area (Å²) < 4.78 is 11.4. The van der Waals surface area contributed by atoms with Crippen LogP contribution >= 0.6 is 11.6 Å². The molecule has 2 aliphatic rings. The van der Waals surface area contributed by atoms with E-state index in [-0.39, 0.29) is 0 Å². The summed E-state index contributed by atoms with van der Waals surface area (Å²) in [5.74, 6) is 1.30. The molecule has 4 unspecified atom stereocenters. The Bertz CT molecular complexity index is 480. The molecule has 2 saturated heterocycles. The fraction of sp³-hybridized carbons (Fsp3) is 0.625. The highest BCUT2D eigenvalue weighted by Crippen LogP contribution is 2.45. The molecule has 0 spiro atoms. The molecule has 4 heteroatoms. The number of nitrogens with one attached hydrogen (secondary N) is 1. The van der Waals surface area contributed by atoms with E-state index in [2.05, 4.69) is 24.4 Å². The van der Waals surface area contributed by atoms with Gasteiger partial charge in [-0.15, -0.1) is 0 Å². The molecular formula is C16H22ClNO2. The molecule has 2 fully saturated rings. The van der Waals surface area contributed by atoms with Crippen LogP contribution in [0.4, 0.5) is 0 Å². The number of hydrogen-bond acceptors (Lipinski definition) is 3. The van der Waals surface area contributed by atoms with Gasteiger partial charge in [0.1, 0.15) is 5.75 Å². The van der Waals surface area contributed by atoms with E-state index in [1.807, 2.05) is 6.07 Å². The first-order valence-electron chi connectivity index (χ1n) is 7.45. The predicted octanol–water partition coefficient (Wildman–Crippen LogP) is 3.57. The van der Waals surface area contributed by atoms with Crippen molar-refractivity contribution >= 4 is 11.6 Å². The molecule has 0 aliphatic carbocycles. The lowest BCUT2D eigenvalue weighted by atomic mass is 9.81. The maximum Gasteiger partial charge on any atom is 0.137 e. The van der Waals surface area contributed by atoms with Crippen molar-refractivity contribution in [3.8, 4) is 5.75 Å². The van der Waals surface area contributed by atoms with E-state index in [9.17, 15) is 0 Å². The van der Waals surface area contributed by atoms with E-state index in [1.165, 1.54) is 18.4 Å². The molecule has 0 aromatic heterocycles. The van der Waals surface area contributed by atoms with Crippen molar-refractivity contribution in [2.75, 3.05) is 13.7 Å². The Morgan fingerprint density at radius 1 is 1.45 bits per heavy atom. The van der Waals surface area contributed by atoms with Crippen LogP contribution in [0.5, 0.6) is 5.75 Å². The molecule has 0 amide bonds. The maximum atomic E-state index is 6.13. The Morgan fingerprint density at radius 3 is 2.90 bits per heavy atom. The topological polar surface area (TPSA) is 30.5 Å². The van der Waals surface area contributed by atoms with Gasteiger partial charge in [0.15, 0.2) is 0 Å². The summed E-state index contributed by atoms with van der Waals surface area (Å²) in [6, 6.07) is 6.40. The van der Waals surface area contributed by atoms with E-state index >= 15 is 0 Å². The second kappa shape index (κ2) is 5.92.